The average molecular weight is 305 g/mol. The summed E-state index contributed by atoms with van der Waals surface area (Å²) in [6.07, 6.45) is 1.06. The van der Waals surface area contributed by atoms with Gasteiger partial charge in [-0.25, -0.2) is 4.98 Å². The molecule has 0 radical (unpaired) electrons. The molecular weight excluding hydrogens is 286 g/mol. The Morgan fingerprint density at radius 3 is 2.67 bits per heavy atom. The number of hydrogen-bond donors (Lipinski definition) is 2. The van der Waals surface area contributed by atoms with Gasteiger partial charge < -0.3 is 10.3 Å². The summed E-state index contributed by atoms with van der Waals surface area (Å²) in [6.45, 7) is 6.07. The van der Waals surface area contributed by atoms with Crippen molar-refractivity contribution in [1.82, 2.24) is 15.3 Å². The van der Waals surface area contributed by atoms with E-state index in [1.807, 2.05) is 6.07 Å². The number of aryl methyl sites for hydroxylation is 3. The van der Waals surface area contributed by atoms with Crippen molar-refractivity contribution in [3.63, 3.8) is 0 Å². The summed E-state index contributed by atoms with van der Waals surface area (Å²) >= 11 is 1.69. The van der Waals surface area contributed by atoms with Crippen molar-refractivity contribution in [2.75, 3.05) is 0 Å². The number of carbonyl (C=O) groups is 1. The van der Waals surface area contributed by atoms with E-state index in [9.17, 15) is 9.59 Å². The molecule has 0 aliphatic heterocycles. The maximum absolute atomic E-state index is 12.0. The highest BCUT2D eigenvalue weighted by molar-refractivity contribution is 7.11. The van der Waals surface area contributed by atoms with E-state index in [-0.39, 0.29) is 17.9 Å². The van der Waals surface area contributed by atoms with Crippen LogP contribution in [0.4, 0.5) is 0 Å². The van der Waals surface area contributed by atoms with E-state index < -0.39 is 0 Å². The molecule has 0 atom stereocenters. The van der Waals surface area contributed by atoms with Gasteiger partial charge in [0.15, 0.2) is 0 Å². The van der Waals surface area contributed by atoms with Crippen molar-refractivity contribution in [3.05, 3.63) is 49.3 Å². The maximum Gasteiger partial charge on any atom is 0.254 e. The molecule has 0 fully saturated rings. The molecular formula is C15H19N3O2S. The van der Waals surface area contributed by atoms with Crippen LogP contribution in [-0.2, 0) is 24.2 Å². The lowest BCUT2D eigenvalue weighted by Gasteiger charge is -2.06. The molecule has 2 N–H and O–H groups in total. The van der Waals surface area contributed by atoms with E-state index in [0.29, 0.717) is 23.6 Å². The van der Waals surface area contributed by atoms with Gasteiger partial charge in [0.25, 0.3) is 5.56 Å². The Morgan fingerprint density at radius 2 is 2.05 bits per heavy atom. The molecule has 0 saturated heterocycles. The van der Waals surface area contributed by atoms with Crippen molar-refractivity contribution < 1.29 is 4.79 Å². The molecule has 6 heteroatoms. The molecule has 21 heavy (non-hydrogen) atoms. The summed E-state index contributed by atoms with van der Waals surface area (Å²) in [6, 6.07) is 4.10. The molecule has 2 aromatic rings. The number of thiophene rings is 1. The Morgan fingerprint density at radius 1 is 1.33 bits per heavy atom. The molecule has 2 aromatic heterocycles. The fraction of sp³-hybridized carbons (Fsp3) is 0.400. The number of H-pyrrole nitrogens is 1. The van der Waals surface area contributed by atoms with Crippen LogP contribution in [0.25, 0.3) is 0 Å². The highest BCUT2D eigenvalue weighted by Crippen LogP contribution is 2.16. The van der Waals surface area contributed by atoms with E-state index in [1.54, 1.807) is 25.2 Å². The number of nitrogens with zero attached hydrogens (tertiary/aromatic N) is 1. The van der Waals surface area contributed by atoms with Crippen molar-refractivity contribution in [2.24, 2.45) is 0 Å². The summed E-state index contributed by atoms with van der Waals surface area (Å²) < 4.78 is 0. The first-order chi connectivity index (χ1) is 9.99. The maximum atomic E-state index is 12.0. The first-order valence-corrected chi connectivity index (χ1v) is 7.72. The van der Waals surface area contributed by atoms with Crippen LogP contribution in [0.5, 0.6) is 0 Å². The number of aromatic amines is 1. The number of hydrogen-bond acceptors (Lipinski definition) is 4. The third-order valence-electron chi connectivity index (χ3n) is 3.20. The Labute approximate surface area is 127 Å². The Kier molecular flexibility index (Phi) is 4.90. The summed E-state index contributed by atoms with van der Waals surface area (Å²) in [5.41, 5.74) is 0.800. The van der Waals surface area contributed by atoms with E-state index in [4.69, 9.17) is 0 Å². The van der Waals surface area contributed by atoms with Gasteiger partial charge in [-0.2, -0.15) is 0 Å². The van der Waals surface area contributed by atoms with Crippen molar-refractivity contribution in [2.45, 2.75) is 40.2 Å². The van der Waals surface area contributed by atoms with Gasteiger partial charge in [-0.1, -0.05) is 6.92 Å². The van der Waals surface area contributed by atoms with Crippen LogP contribution in [0, 0.1) is 13.8 Å². The Hall–Kier alpha value is -1.95. The van der Waals surface area contributed by atoms with Gasteiger partial charge in [-0.15, -0.1) is 11.3 Å². The SMILES string of the molecule is CCc1ccc(CNC(=O)Cc2c(C)nc(C)[nH]c2=O)s1. The molecule has 2 rings (SSSR count). The molecule has 0 bridgehead atoms. The van der Waals surface area contributed by atoms with Gasteiger partial charge in [0.1, 0.15) is 5.82 Å². The molecule has 0 aliphatic rings. The minimum Gasteiger partial charge on any atom is -0.351 e. The monoisotopic (exact) mass is 305 g/mol. The third-order valence-corrected chi connectivity index (χ3v) is 4.43. The van der Waals surface area contributed by atoms with Crippen LogP contribution < -0.4 is 10.9 Å². The van der Waals surface area contributed by atoms with Crippen LogP contribution in [0.15, 0.2) is 16.9 Å². The summed E-state index contributed by atoms with van der Waals surface area (Å²) in [5.74, 6) is 0.396. The minimum absolute atomic E-state index is 0.0560. The first-order valence-electron chi connectivity index (χ1n) is 6.90. The predicted molar refractivity (Wildman–Crippen MR) is 83.6 cm³/mol. The summed E-state index contributed by atoms with van der Waals surface area (Å²) in [7, 11) is 0. The smallest absolute Gasteiger partial charge is 0.254 e. The highest BCUT2D eigenvalue weighted by Gasteiger charge is 2.11. The van der Waals surface area contributed by atoms with Gasteiger partial charge >= 0.3 is 0 Å². The number of rotatable bonds is 5. The quantitative estimate of drug-likeness (QED) is 0.885. The normalized spacial score (nSPS) is 10.6. The van der Waals surface area contributed by atoms with Crippen LogP contribution in [0.3, 0.4) is 0 Å². The summed E-state index contributed by atoms with van der Waals surface area (Å²) in [5, 5.41) is 2.84. The first kappa shape index (κ1) is 15.4. The van der Waals surface area contributed by atoms with E-state index >= 15 is 0 Å². The topological polar surface area (TPSA) is 74.8 Å². The zero-order chi connectivity index (χ0) is 15.4. The average Bonchev–Trinajstić information content (AvgIpc) is 2.88. The lowest BCUT2D eigenvalue weighted by atomic mass is 10.1. The van der Waals surface area contributed by atoms with E-state index in [1.165, 1.54) is 4.88 Å². The minimum atomic E-state index is -0.237. The van der Waals surface area contributed by atoms with Crippen LogP contribution in [-0.4, -0.2) is 15.9 Å². The lowest BCUT2D eigenvalue weighted by Crippen LogP contribution is -2.28. The molecule has 0 saturated carbocycles. The lowest BCUT2D eigenvalue weighted by molar-refractivity contribution is -0.120. The van der Waals surface area contributed by atoms with Crippen LogP contribution in [0.2, 0.25) is 0 Å². The fourth-order valence-electron chi connectivity index (χ4n) is 2.08. The molecule has 2 heterocycles. The van der Waals surface area contributed by atoms with Gasteiger partial charge in [-0.3, -0.25) is 9.59 Å². The van der Waals surface area contributed by atoms with Gasteiger partial charge in [-0.05, 0) is 32.4 Å². The number of nitrogens with one attached hydrogen (secondary N) is 2. The zero-order valence-corrected chi connectivity index (χ0v) is 13.3. The van der Waals surface area contributed by atoms with Crippen molar-refractivity contribution in [1.29, 1.82) is 0 Å². The van der Waals surface area contributed by atoms with Gasteiger partial charge in [0.2, 0.25) is 5.91 Å². The molecule has 112 valence electrons. The van der Waals surface area contributed by atoms with Crippen molar-refractivity contribution in [3.8, 4) is 0 Å². The molecule has 0 aromatic carbocycles. The number of carbonyl (C=O) groups excluding carboxylic acids is 1. The van der Waals surface area contributed by atoms with Gasteiger partial charge in [0.05, 0.1) is 13.0 Å². The van der Waals surface area contributed by atoms with E-state index in [0.717, 1.165) is 11.3 Å². The van der Waals surface area contributed by atoms with Gasteiger partial charge in [0, 0.05) is 21.0 Å². The highest BCUT2D eigenvalue weighted by atomic mass is 32.1. The second-order valence-corrected chi connectivity index (χ2v) is 6.14. The Balaban J connectivity index is 1.97. The fourth-order valence-corrected chi connectivity index (χ4v) is 2.97. The zero-order valence-electron chi connectivity index (χ0n) is 12.4. The van der Waals surface area contributed by atoms with Crippen LogP contribution >= 0.6 is 11.3 Å². The number of aromatic nitrogens is 2. The second kappa shape index (κ2) is 6.67. The molecule has 0 spiro atoms. The number of amides is 1. The second-order valence-electron chi connectivity index (χ2n) is 4.89. The van der Waals surface area contributed by atoms with Crippen molar-refractivity contribution >= 4 is 17.2 Å². The Bertz CT molecular complexity index is 703. The molecule has 5 nitrogen and oxygen atoms in total. The third kappa shape index (κ3) is 4.01. The van der Waals surface area contributed by atoms with Crippen LogP contribution in [0.1, 0.15) is 33.8 Å². The van der Waals surface area contributed by atoms with E-state index in [2.05, 4.69) is 28.3 Å². The molecule has 1 amide bonds. The molecule has 0 unspecified atom stereocenters. The molecule has 0 aliphatic carbocycles. The largest absolute Gasteiger partial charge is 0.351 e. The standard InChI is InChI=1S/C15H19N3O2S/c1-4-11-5-6-12(21-11)8-16-14(19)7-13-9(2)17-10(3)18-15(13)20/h5-6H,4,7-8H2,1-3H3,(H,16,19)(H,17,18,20). The summed E-state index contributed by atoms with van der Waals surface area (Å²) in [4.78, 5) is 33.0. The predicted octanol–water partition coefficient (Wildman–Crippen LogP) is 1.87.